The van der Waals surface area contributed by atoms with Gasteiger partial charge in [-0.3, -0.25) is 0 Å². The van der Waals surface area contributed by atoms with Crippen molar-refractivity contribution in [2.45, 2.75) is 5.54 Å². The van der Waals surface area contributed by atoms with Crippen LogP contribution in [0.4, 0.5) is 0 Å². The van der Waals surface area contributed by atoms with E-state index in [1.807, 2.05) is 5.92 Å². The van der Waals surface area contributed by atoms with E-state index in [1.54, 1.807) is 0 Å². The van der Waals surface area contributed by atoms with Gasteiger partial charge in [0.2, 0.25) is 5.54 Å². The monoisotopic (exact) mass is 201 g/mol. The Morgan fingerprint density at radius 1 is 1.57 bits per heavy atom. The Kier molecular flexibility index (Phi) is 4.63. The number of hydrogen-bond acceptors (Lipinski definition) is 6. The molecule has 0 saturated carbocycles. The fraction of sp³-hybridized carbons (Fsp3) is 0.500. The Bertz CT molecular complexity index is 269. The molecule has 78 valence electrons. The second kappa shape index (κ2) is 5.21. The number of ether oxygens (including phenoxy) is 2. The van der Waals surface area contributed by atoms with E-state index in [4.69, 9.17) is 17.3 Å². The summed E-state index contributed by atoms with van der Waals surface area (Å²) in [7, 11) is 1.04. The van der Waals surface area contributed by atoms with Crippen LogP contribution < -0.4 is 5.73 Å². The first-order valence-corrected chi connectivity index (χ1v) is 3.61. The molecule has 0 aromatic heterocycles. The molecule has 0 aliphatic heterocycles. The summed E-state index contributed by atoms with van der Waals surface area (Å²) in [5.41, 5.74) is 3.07. The largest absolute Gasteiger partial charge is 0.467 e. The van der Waals surface area contributed by atoms with Crippen molar-refractivity contribution in [2.24, 2.45) is 5.73 Å². The summed E-state index contributed by atoms with van der Waals surface area (Å²) in [6.07, 6.45) is 4.82. The molecule has 0 radical (unpaired) electrons. The van der Waals surface area contributed by atoms with Crippen LogP contribution in [0, 0.1) is 12.3 Å². The van der Waals surface area contributed by atoms with Crippen molar-refractivity contribution in [3.05, 3.63) is 0 Å². The predicted molar refractivity (Wildman–Crippen MR) is 45.8 cm³/mol. The van der Waals surface area contributed by atoms with Gasteiger partial charge in [0.15, 0.2) is 6.61 Å². The van der Waals surface area contributed by atoms with Crippen LogP contribution in [0.3, 0.4) is 0 Å². The molecular formula is C8H11NO5. The molecule has 0 spiro atoms. The van der Waals surface area contributed by atoms with Gasteiger partial charge in [0, 0.05) is 0 Å². The normalized spacial score (nSPS) is 13.6. The minimum Gasteiger partial charge on any atom is -0.467 e. The van der Waals surface area contributed by atoms with Crippen molar-refractivity contribution in [1.82, 2.24) is 0 Å². The highest BCUT2D eigenvalue weighted by atomic mass is 16.6. The quantitative estimate of drug-likeness (QED) is 0.311. The molecule has 6 nitrogen and oxygen atoms in total. The molecule has 0 bridgehead atoms. The molecule has 0 rings (SSSR count). The number of aliphatic hydroxyl groups excluding tert-OH is 1. The number of terminal acetylenes is 1. The molecule has 0 saturated heterocycles. The lowest BCUT2D eigenvalue weighted by molar-refractivity contribution is -0.164. The van der Waals surface area contributed by atoms with Crippen LogP contribution in [-0.4, -0.2) is 42.9 Å². The van der Waals surface area contributed by atoms with Crippen LogP contribution in [0.2, 0.25) is 0 Å². The molecule has 6 heteroatoms. The van der Waals surface area contributed by atoms with Gasteiger partial charge in [0.1, 0.15) is 0 Å². The van der Waals surface area contributed by atoms with Crippen LogP contribution in [0.5, 0.6) is 0 Å². The number of rotatable bonds is 4. The van der Waals surface area contributed by atoms with E-state index in [9.17, 15) is 9.59 Å². The van der Waals surface area contributed by atoms with E-state index in [0.717, 1.165) is 7.11 Å². The van der Waals surface area contributed by atoms with Crippen molar-refractivity contribution in [1.29, 1.82) is 0 Å². The summed E-state index contributed by atoms with van der Waals surface area (Å²) in [5, 5.41) is 8.78. The summed E-state index contributed by atoms with van der Waals surface area (Å²) >= 11 is 0. The molecule has 0 aromatic rings. The van der Waals surface area contributed by atoms with Crippen LogP contribution in [0.15, 0.2) is 0 Å². The maximum absolute atomic E-state index is 11.2. The van der Waals surface area contributed by atoms with E-state index < -0.39 is 24.1 Å². The fourth-order valence-electron chi connectivity index (χ4n) is 0.631. The molecule has 0 aliphatic rings. The van der Waals surface area contributed by atoms with E-state index in [1.165, 1.54) is 0 Å². The van der Waals surface area contributed by atoms with Crippen molar-refractivity contribution in [3.8, 4) is 12.3 Å². The van der Waals surface area contributed by atoms with Crippen LogP contribution >= 0.6 is 0 Å². The lowest BCUT2D eigenvalue weighted by Gasteiger charge is -2.20. The van der Waals surface area contributed by atoms with Gasteiger partial charge in [-0.05, 0) is 0 Å². The van der Waals surface area contributed by atoms with Gasteiger partial charge in [-0.2, -0.15) is 0 Å². The number of aliphatic hydroxyl groups is 1. The van der Waals surface area contributed by atoms with Gasteiger partial charge in [-0.1, -0.05) is 5.92 Å². The van der Waals surface area contributed by atoms with Gasteiger partial charge in [-0.25, -0.2) is 9.59 Å². The third kappa shape index (κ3) is 2.45. The minimum atomic E-state index is -2.20. The van der Waals surface area contributed by atoms with Crippen molar-refractivity contribution in [2.75, 3.05) is 20.3 Å². The first-order valence-electron chi connectivity index (χ1n) is 3.61. The SMILES string of the molecule is C#CCOC(=O)C(N)(CO)C(=O)OC. The van der Waals surface area contributed by atoms with Gasteiger partial charge in [0.05, 0.1) is 13.7 Å². The van der Waals surface area contributed by atoms with Gasteiger partial charge in [-0.15, -0.1) is 6.42 Å². The van der Waals surface area contributed by atoms with Gasteiger partial charge < -0.3 is 20.3 Å². The van der Waals surface area contributed by atoms with Gasteiger partial charge >= 0.3 is 11.9 Å². The standard InChI is InChI=1S/C8H11NO5/c1-3-4-14-7(12)8(9,5-10)6(11)13-2/h1,10H,4-5,9H2,2H3. The molecule has 0 fully saturated rings. The lowest BCUT2D eigenvalue weighted by atomic mass is 10.0. The molecule has 1 atom stereocenters. The van der Waals surface area contributed by atoms with E-state index >= 15 is 0 Å². The highest BCUT2D eigenvalue weighted by Gasteiger charge is 2.44. The van der Waals surface area contributed by atoms with E-state index in [0.29, 0.717) is 0 Å². The maximum Gasteiger partial charge on any atom is 0.341 e. The van der Waals surface area contributed by atoms with Crippen LogP contribution in [-0.2, 0) is 19.1 Å². The smallest absolute Gasteiger partial charge is 0.341 e. The Hall–Kier alpha value is -1.58. The van der Waals surface area contributed by atoms with E-state index in [-0.39, 0.29) is 6.61 Å². The number of nitrogens with two attached hydrogens (primary N) is 1. The summed E-state index contributed by atoms with van der Waals surface area (Å²) in [6, 6.07) is 0. The zero-order valence-electron chi connectivity index (χ0n) is 7.65. The van der Waals surface area contributed by atoms with Crippen molar-refractivity contribution >= 4 is 11.9 Å². The molecule has 0 heterocycles. The number of carbonyl (C=O) groups excluding carboxylic acids is 2. The van der Waals surface area contributed by atoms with Crippen LogP contribution in [0.25, 0.3) is 0 Å². The number of hydrogen-bond donors (Lipinski definition) is 2. The van der Waals surface area contributed by atoms with Crippen LogP contribution in [0.1, 0.15) is 0 Å². The molecule has 3 N–H and O–H groups in total. The molecule has 0 aromatic carbocycles. The molecule has 0 amide bonds. The summed E-state index contributed by atoms with van der Waals surface area (Å²) in [5.74, 6) is -0.183. The Balaban J connectivity index is 4.61. The average molecular weight is 201 g/mol. The number of esters is 2. The molecule has 0 aliphatic carbocycles. The molecule has 1 unspecified atom stereocenters. The lowest BCUT2D eigenvalue weighted by Crippen LogP contribution is -2.59. The van der Waals surface area contributed by atoms with Crippen molar-refractivity contribution in [3.63, 3.8) is 0 Å². The Labute approximate surface area is 81.0 Å². The minimum absolute atomic E-state index is 0.325. The third-order valence-corrected chi connectivity index (χ3v) is 1.45. The number of methoxy groups -OCH3 is 1. The van der Waals surface area contributed by atoms with Crippen molar-refractivity contribution < 1.29 is 24.2 Å². The number of carbonyl (C=O) groups is 2. The van der Waals surface area contributed by atoms with Gasteiger partial charge in [0.25, 0.3) is 0 Å². The first-order chi connectivity index (χ1) is 6.52. The maximum atomic E-state index is 11.2. The van der Waals surface area contributed by atoms with E-state index in [2.05, 4.69) is 9.47 Å². The highest BCUT2D eigenvalue weighted by molar-refractivity contribution is 6.04. The zero-order valence-corrected chi connectivity index (χ0v) is 7.65. The first kappa shape index (κ1) is 12.4. The second-order valence-corrected chi connectivity index (χ2v) is 2.40. The Morgan fingerprint density at radius 2 is 2.14 bits per heavy atom. The third-order valence-electron chi connectivity index (χ3n) is 1.45. The molecular weight excluding hydrogens is 190 g/mol. The summed E-state index contributed by atoms with van der Waals surface area (Å²) < 4.78 is 8.64. The second-order valence-electron chi connectivity index (χ2n) is 2.40. The predicted octanol–water partition coefficient (Wildman–Crippen LogP) is -1.97. The zero-order chi connectivity index (χ0) is 11.2. The summed E-state index contributed by atoms with van der Waals surface area (Å²) in [6.45, 7) is -1.24. The Morgan fingerprint density at radius 3 is 2.50 bits per heavy atom. The summed E-state index contributed by atoms with van der Waals surface area (Å²) in [4.78, 5) is 22.2. The highest BCUT2D eigenvalue weighted by Crippen LogP contribution is 2.05. The molecule has 14 heavy (non-hydrogen) atoms. The fourth-order valence-corrected chi connectivity index (χ4v) is 0.631. The topological polar surface area (TPSA) is 98.9 Å². The average Bonchev–Trinajstić information content (AvgIpc) is 2.23.